The van der Waals surface area contributed by atoms with Gasteiger partial charge in [-0.25, -0.2) is 4.39 Å². The molecule has 2 atom stereocenters. The summed E-state index contributed by atoms with van der Waals surface area (Å²) in [5.41, 5.74) is 1.98. The molecule has 1 aliphatic rings. The van der Waals surface area contributed by atoms with Crippen molar-refractivity contribution < 1.29 is 23.8 Å². The Kier molecular flexibility index (Phi) is 6.72. The third-order valence-corrected chi connectivity index (χ3v) is 4.98. The van der Waals surface area contributed by atoms with Crippen molar-refractivity contribution >= 4 is 17.5 Å². The number of ether oxygens (including phenoxy) is 1. The number of aliphatic hydroxyl groups is 1. The van der Waals surface area contributed by atoms with E-state index in [1.165, 1.54) is 23.1 Å². The lowest BCUT2D eigenvalue weighted by Gasteiger charge is -2.20. The fourth-order valence-electron chi connectivity index (χ4n) is 3.59. The fourth-order valence-corrected chi connectivity index (χ4v) is 3.59. The van der Waals surface area contributed by atoms with Gasteiger partial charge in [0.2, 0.25) is 11.8 Å². The highest BCUT2D eigenvalue weighted by Gasteiger charge is 2.32. The zero-order valence-corrected chi connectivity index (χ0v) is 17.4. The van der Waals surface area contributed by atoms with Crippen LogP contribution in [0.1, 0.15) is 50.3 Å². The summed E-state index contributed by atoms with van der Waals surface area (Å²) in [5, 5.41) is 12.6. The number of carbonyl (C=O) groups is 2. The molecule has 3 rings (SSSR count). The van der Waals surface area contributed by atoms with E-state index in [9.17, 15) is 19.1 Å². The van der Waals surface area contributed by atoms with Crippen LogP contribution in [0.4, 0.5) is 10.1 Å². The van der Waals surface area contributed by atoms with Gasteiger partial charge in [0, 0.05) is 30.1 Å². The van der Waals surface area contributed by atoms with Crippen LogP contribution in [0.5, 0.6) is 5.75 Å². The molecule has 2 amide bonds. The van der Waals surface area contributed by atoms with Crippen molar-refractivity contribution in [2.24, 2.45) is 0 Å². The lowest BCUT2D eigenvalue weighted by atomic mass is 9.95. The summed E-state index contributed by atoms with van der Waals surface area (Å²) >= 11 is 0. The number of halogens is 1. The molecule has 30 heavy (non-hydrogen) atoms. The average molecular weight is 414 g/mol. The Labute approximate surface area is 175 Å². The second-order valence-electron chi connectivity index (χ2n) is 7.87. The molecular formula is C23H27FN2O4. The molecule has 2 aromatic rings. The molecule has 0 saturated carbocycles. The van der Waals surface area contributed by atoms with Crippen LogP contribution in [0.25, 0.3) is 0 Å². The molecule has 0 radical (unpaired) electrons. The van der Waals surface area contributed by atoms with Crippen molar-refractivity contribution in [3.05, 3.63) is 59.4 Å². The van der Waals surface area contributed by atoms with Crippen LogP contribution in [0, 0.1) is 5.82 Å². The predicted molar refractivity (Wildman–Crippen MR) is 112 cm³/mol. The normalized spacial score (nSPS) is 17.3. The van der Waals surface area contributed by atoms with E-state index in [4.69, 9.17) is 4.74 Å². The van der Waals surface area contributed by atoms with E-state index < -0.39 is 11.9 Å². The largest absolute Gasteiger partial charge is 0.491 e. The van der Waals surface area contributed by atoms with E-state index in [0.29, 0.717) is 30.0 Å². The molecule has 1 aliphatic heterocycles. The highest BCUT2D eigenvalue weighted by molar-refractivity contribution is 5.95. The first-order chi connectivity index (χ1) is 14.2. The van der Waals surface area contributed by atoms with Crippen LogP contribution in [0.2, 0.25) is 0 Å². The van der Waals surface area contributed by atoms with Gasteiger partial charge in [0.15, 0.2) is 0 Å². The van der Waals surface area contributed by atoms with Crippen LogP contribution in [0.15, 0.2) is 42.5 Å². The summed E-state index contributed by atoms with van der Waals surface area (Å²) in [7, 11) is 0. The van der Waals surface area contributed by atoms with Crippen molar-refractivity contribution in [1.29, 1.82) is 0 Å². The number of likely N-dealkylation sites (tertiary alicyclic amines) is 1. The van der Waals surface area contributed by atoms with Crippen molar-refractivity contribution in [1.82, 2.24) is 4.90 Å². The molecular weight excluding hydrogens is 387 g/mol. The Hall–Kier alpha value is -2.93. The minimum Gasteiger partial charge on any atom is -0.491 e. The summed E-state index contributed by atoms with van der Waals surface area (Å²) in [4.78, 5) is 26.2. The molecule has 6 nitrogen and oxygen atoms in total. The van der Waals surface area contributed by atoms with Crippen LogP contribution < -0.4 is 10.1 Å². The lowest BCUT2D eigenvalue weighted by molar-refractivity contribution is -0.131. The molecule has 1 fully saturated rings. The van der Waals surface area contributed by atoms with Crippen molar-refractivity contribution in [3.8, 4) is 5.75 Å². The molecule has 0 spiro atoms. The molecule has 7 heteroatoms. The zero-order chi connectivity index (χ0) is 21.8. The quantitative estimate of drug-likeness (QED) is 0.725. The van der Waals surface area contributed by atoms with Gasteiger partial charge in [-0.1, -0.05) is 18.2 Å². The maximum atomic E-state index is 13.3. The van der Waals surface area contributed by atoms with Gasteiger partial charge in [-0.2, -0.15) is 0 Å². The maximum Gasteiger partial charge on any atom is 0.243 e. The van der Waals surface area contributed by atoms with E-state index in [2.05, 4.69) is 5.32 Å². The van der Waals surface area contributed by atoms with E-state index in [-0.39, 0.29) is 30.4 Å². The molecule has 160 valence electrons. The minimum atomic E-state index is -0.666. The van der Waals surface area contributed by atoms with E-state index in [0.717, 1.165) is 5.56 Å². The second-order valence-corrected chi connectivity index (χ2v) is 7.87. The molecule has 1 saturated heterocycles. The lowest BCUT2D eigenvalue weighted by Crippen LogP contribution is -2.34. The Bertz CT molecular complexity index is 929. The minimum absolute atomic E-state index is 0.0500. The van der Waals surface area contributed by atoms with Crippen LogP contribution in [0.3, 0.4) is 0 Å². The number of rotatable bonds is 7. The summed E-state index contributed by atoms with van der Waals surface area (Å²) in [6, 6.07) is 11.2. The molecule has 1 unspecified atom stereocenters. The highest BCUT2D eigenvalue weighted by atomic mass is 19.1. The molecule has 0 bridgehead atoms. The summed E-state index contributed by atoms with van der Waals surface area (Å²) < 4.78 is 19.1. The Morgan fingerprint density at radius 2 is 2.03 bits per heavy atom. The first-order valence-corrected chi connectivity index (χ1v) is 10.0. The van der Waals surface area contributed by atoms with Gasteiger partial charge in [0.25, 0.3) is 0 Å². The number of anilines is 1. The fraction of sp³-hybridized carbons (Fsp3) is 0.391. The molecule has 0 aromatic heterocycles. The monoisotopic (exact) mass is 414 g/mol. The summed E-state index contributed by atoms with van der Waals surface area (Å²) in [5.74, 6) is -0.391. The van der Waals surface area contributed by atoms with Gasteiger partial charge < -0.3 is 20.1 Å². The second kappa shape index (κ2) is 9.26. The van der Waals surface area contributed by atoms with E-state index in [1.807, 2.05) is 32.0 Å². The van der Waals surface area contributed by atoms with Crippen LogP contribution in [-0.2, 0) is 9.59 Å². The molecule has 0 aliphatic carbocycles. The van der Waals surface area contributed by atoms with Gasteiger partial charge in [0.05, 0.1) is 18.8 Å². The third-order valence-electron chi connectivity index (χ3n) is 4.98. The first-order valence-electron chi connectivity index (χ1n) is 10.0. The maximum absolute atomic E-state index is 13.3. The SMILES string of the molecule is CC(C)Oc1cc([C@@H]2CC(=O)N(CC(=O)Nc3cccc(F)c3)C2)ccc1C(C)O. The van der Waals surface area contributed by atoms with Gasteiger partial charge in [-0.3, -0.25) is 9.59 Å². The van der Waals surface area contributed by atoms with Gasteiger partial charge in [-0.05, 0) is 50.6 Å². The number of aliphatic hydroxyl groups excluding tert-OH is 1. The van der Waals surface area contributed by atoms with Crippen molar-refractivity contribution in [2.75, 3.05) is 18.4 Å². The number of hydrogen-bond acceptors (Lipinski definition) is 4. The Morgan fingerprint density at radius 3 is 2.70 bits per heavy atom. The number of carbonyl (C=O) groups excluding carboxylic acids is 2. The van der Waals surface area contributed by atoms with Crippen molar-refractivity contribution in [3.63, 3.8) is 0 Å². The predicted octanol–water partition coefficient (Wildman–Crippen LogP) is 3.62. The molecule has 2 N–H and O–H groups in total. The van der Waals surface area contributed by atoms with E-state index in [1.54, 1.807) is 13.0 Å². The number of nitrogens with zero attached hydrogens (tertiary/aromatic N) is 1. The number of benzene rings is 2. The summed E-state index contributed by atoms with van der Waals surface area (Å²) in [6.07, 6.45) is -0.422. The van der Waals surface area contributed by atoms with E-state index >= 15 is 0 Å². The Balaban J connectivity index is 1.68. The first kappa shape index (κ1) is 21.8. The zero-order valence-electron chi connectivity index (χ0n) is 17.4. The topological polar surface area (TPSA) is 78.9 Å². The van der Waals surface area contributed by atoms with Crippen LogP contribution >= 0.6 is 0 Å². The van der Waals surface area contributed by atoms with Gasteiger partial charge in [-0.15, -0.1) is 0 Å². The third kappa shape index (κ3) is 5.36. The molecule has 1 heterocycles. The smallest absolute Gasteiger partial charge is 0.243 e. The van der Waals surface area contributed by atoms with Gasteiger partial charge >= 0.3 is 0 Å². The number of nitrogens with one attached hydrogen (secondary N) is 1. The van der Waals surface area contributed by atoms with Crippen LogP contribution in [-0.4, -0.2) is 41.0 Å². The highest BCUT2D eigenvalue weighted by Crippen LogP contribution is 2.34. The number of hydrogen-bond donors (Lipinski definition) is 2. The summed E-state index contributed by atoms with van der Waals surface area (Å²) in [6.45, 7) is 5.82. The standard InChI is InChI=1S/C23H27FN2O4/c1-14(2)30-21-9-16(7-8-20(21)15(3)27)17-10-23(29)26(12-17)13-22(28)25-19-6-4-5-18(24)11-19/h4-9,11,14-15,17,27H,10,12-13H2,1-3H3,(H,25,28)/t15?,17-/m1/s1. The van der Waals surface area contributed by atoms with Gasteiger partial charge in [0.1, 0.15) is 11.6 Å². The number of amides is 2. The molecule has 2 aromatic carbocycles. The Morgan fingerprint density at radius 1 is 1.27 bits per heavy atom. The average Bonchev–Trinajstić information content (AvgIpc) is 3.01. The van der Waals surface area contributed by atoms with Crippen molar-refractivity contribution in [2.45, 2.75) is 45.3 Å².